The summed E-state index contributed by atoms with van der Waals surface area (Å²) in [4.78, 5) is 14.1. The molecule has 5 nitrogen and oxygen atoms in total. The van der Waals surface area contributed by atoms with E-state index in [1.807, 2.05) is 30.1 Å². The van der Waals surface area contributed by atoms with Crippen LogP contribution in [0.15, 0.2) is 18.2 Å². The molecule has 5 heteroatoms. The molecular weight excluding hydrogens is 268 g/mol. The average molecular weight is 292 g/mol. The number of amides is 1. The lowest BCUT2D eigenvalue weighted by Gasteiger charge is -2.23. The van der Waals surface area contributed by atoms with Gasteiger partial charge in [-0.05, 0) is 37.1 Å². The number of likely N-dealkylation sites (N-methyl/N-ethyl adjacent to an activating group) is 1. The zero-order valence-electron chi connectivity index (χ0n) is 13.0. The molecule has 2 rings (SSSR count). The van der Waals surface area contributed by atoms with Gasteiger partial charge in [-0.2, -0.15) is 0 Å². The van der Waals surface area contributed by atoms with Crippen molar-refractivity contribution in [3.63, 3.8) is 0 Å². The van der Waals surface area contributed by atoms with Gasteiger partial charge in [0.05, 0.1) is 14.2 Å². The van der Waals surface area contributed by atoms with E-state index >= 15 is 0 Å². The van der Waals surface area contributed by atoms with Crippen LogP contribution in [-0.2, 0) is 11.2 Å². The van der Waals surface area contributed by atoms with Gasteiger partial charge < -0.3 is 19.7 Å². The quantitative estimate of drug-likeness (QED) is 0.862. The number of hydrogen-bond acceptors (Lipinski definition) is 4. The Morgan fingerprint density at radius 1 is 1.29 bits per heavy atom. The van der Waals surface area contributed by atoms with Crippen LogP contribution in [0.25, 0.3) is 0 Å². The third-order valence-corrected chi connectivity index (χ3v) is 4.01. The minimum atomic E-state index is 0.186. The van der Waals surface area contributed by atoms with Crippen molar-refractivity contribution in [1.82, 2.24) is 10.2 Å². The second-order valence-corrected chi connectivity index (χ2v) is 5.37. The first-order chi connectivity index (χ1) is 10.1. The van der Waals surface area contributed by atoms with E-state index < -0.39 is 0 Å². The molecule has 1 atom stereocenters. The first-order valence-corrected chi connectivity index (χ1v) is 7.32. The Kier molecular flexibility index (Phi) is 5.44. The Labute approximate surface area is 126 Å². The van der Waals surface area contributed by atoms with Gasteiger partial charge >= 0.3 is 0 Å². The number of benzene rings is 1. The highest BCUT2D eigenvalue weighted by Crippen LogP contribution is 2.23. The Bertz CT molecular complexity index is 462. The lowest BCUT2D eigenvalue weighted by atomic mass is 10.1. The maximum atomic E-state index is 12.2. The molecule has 116 valence electrons. The summed E-state index contributed by atoms with van der Waals surface area (Å²) in [5, 5.41) is 3.29. The van der Waals surface area contributed by atoms with Crippen LogP contribution in [-0.4, -0.2) is 51.2 Å². The van der Waals surface area contributed by atoms with Crippen LogP contribution in [0.4, 0.5) is 0 Å². The smallest absolute Gasteiger partial charge is 0.222 e. The first-order valence-electron chi connectivity index (χ1n) is 7.32. The molecule has 0 aromatic heterocycles. The number of hydrogen-bond donors (Lipinski definition) is 1. The number of ether oxygens (including phenoxy) is 2. The van der Waals surface area contributed by atoms with Crippen LogP contribution < -0.4 is 14.8 Å². The summed E-state index contributed by atoms with van der Waals surface area (Å²) in [7, 11) is 5.15. The van der Waals surface area contributed by atoms with Gasteiger partial charge in [0.2, 0.25) is 5.91 Å². The van der Waals surface area contributed by atoms with Crippen LogP contribution in [0.2, 0.25) is 0 Å². The number of carbonyl (C=O) groups excluding carboxylic acids is 1. The zero-order valence-corrected chi connectivity index (χ0v) is 13.0. The van der Waals surface area contributed by atoms with Crippen molar-refractivity contribution >= 4 is 5.91 Å². The van der Waals surface area contributed by atoms with Crippen LogP contribution in [0.3, 0.4) is 0 Å². The highest BCUT2D eigenvalue weighted by molar-refractivity contribution is 5.76. The number of rotatable bonds is 6. The lowest BCUT2D eigenvalue weighted by molar-refractivity contribution is -0.131. The van der Waals surface area contributed by atoms with Crippen molar-refractivity contribution in [3.8, 4) is 11.5 Å². The largest absolute Gasteiger partial charge is 0.497 e. The molecule has 1 fully saturated rings. The SMILES string of the molecule is COc1cc(CCC(=O)N(C)C2CCNC2)cc(OC)c1. The second-order valence-electron chi connectivity index (χ2n) is 5.37. The molecule has 1 unspecified atom stereocenters. The standard InChI is InChI=1S/C16H24N2O3/c1-18(13-6-7-17-11-13)16(19)5-4-12-8-14(20-2)10-15(9-12)21-3/h8-10,13,17H,4-7,11H2,1-3H3. The zero-order chi connectivity index (χ0) is 15.2. The van der Waals surface area contributed by atoms with E-state index in [1.54, 1.807) is 14.2 Å². The van der Waals surface area contributed by atoms with Crippen molar-refractivity contribution in [2.45, 2.75) is 25.3 Å². The highest BCUT2D eigenvalue weighted by atomic mass is 16.5. The van der Waals surface area contributed by atoms with E-state index in [4.69, 9.17) is 9.47 Å². The van der Waals surface area contributed by atoms with Crippen molar-refractivity contribution in [3.05, 3.63) is 23.8 Å². The van der Waals surface area contributed by atoms with Gasteiger partial charge in [-0.3, -0.25) is 4.79 Å². The van der Waals surface area contributed by atoms with Crippen LogP contribution >= 0.6 is 0 Å². The number of nitrogens with zero attached hydrogens (tertiary/aromatic N) is 1. The molecule has 1 amide bonds. The van der Waals surface area contributed by atoms with Gasteiger partial charge in [-0.25, -0.2) is 0 Å². The molecule has 1 saturated heterocycles. The fraction of sp³-hybridized carbons (Fsp3) is 0.562. The Balaban J connectivity index is 1.93. The summed E-state index contributed by atoms with van der Waals surface area (Å²) in [6.07, 6.45) is 2.23. The number of methoxy groups -OCH3 is 2. The fourth-order valence-electron chi connectivity index (χ4n) is 2.61. The van der Waals surface area contributed by atoms with Gasteiger partial charge in [-0.1, -0.05) is 0 Å². The molecule has 1 aromatic carbocycles. The van der Waals surface area contributed by atoms with Gasteiger partial charge in [0.1, 0.15) is 11.5 Å². The molecule has 1 aliphatic heterocycles. The summed E-state index contributed by atoms with van der Waals surface area (Å²) in [5.41, 5.74) is 1.05. The normalized spacial score (nSPS) is 17.6. The van der Waals surface area contributed by atoms with Gasteiger partial charge in [-0.15, -0.1) is 0 Å². The third-order valence-electron chi connectivity index (χ3n) is 4.01. The first kappa shape index (κ1) is 15.6. The van der Waals surface area contributed by atoms with E-state index in [0.717, 1.165) is 36.6 Å². The van der Waals surface area contributed by atoms with E-state index in [2.05, 4.69) is 5.32 Å². The molecule has 1 aromatic rings. The summed E-state index contributed by atoms with van der Waals surface area (Å²) in [6, 6.07) is 6.07. The molecule has 1 aliphatic rings. The predicted octanol–water partition coefficient (Wildman–Crippen LogP) is 1.46. The molecule has 21 heavy (non-hydrogen) atoms. The van der Waals surface area contributed by atoms with Crippen LogP contribution in [0.5, 0.6) is 11.5 Å². The summed E-state index contributed by atoms with van der Waals surface area (Å²) >= 11 is 0. The maximum Gasteiger partial charge on any atom is 0.222 e. The minimum absolute atomic E-state index is 0.186. The molecule has 1 N–H and O–H groups in total. The Morgan fingerprint density at radius 3 is 2.48 bits per heavy atom. The molecule has 0 radical (unpaired) electrons. The predicted molar refractivity (Wildman–Crippen MR) is 81.9 cm³/mol. The molecule has 0 spiro atoms. The molecule has 0 saturated carbocycles. The van der Waals surface area contributed by atoms with Crippen LogP contribution in [0.1, 0.15) is 18.4 Å². The van der Waals surface area contributed by atoms with Crippen LogP contribution in [0, 0.1) is 0 Å². The van der Waals surface area contributed by atoms with Crippen molar-refractivity contribution < 1.29 is 14.3 Å². The van der Waals surface area contributed by atoms with E-state index in [0.29, 0.717) is 18.9 Å². The minimum Gasteiger partial charge on any atom is -0.497 e. The molecule has 1 heterocycles. The molecule has 0 bridgehead atoms. The molecular formula is C16H24N2O3. The van der Waals surface area contributed by atoms with Gasteiger partial charge in [0.25, 0.3) is 0 Å². The summed E-state index contributed by atoms with van der Waals surface area (Å²) < 4.78 is 10.5. The second kappa shape index (κ2) is 7.31. The Hall–Kier alpha value is -1.75. The summed E-state index contributed by atoms with van der Waals surface area (Å²) in [6.45, 7) is 1.89. The monoisotopic (exact) mass is 292 g/mol. The fourth-order valence-corrected chi connectivity index (χ4v) is 2.61. The van der Waals surface area contributed by atoms with E-state index in [-0.39, 0.29) is 5.91 Å². The van der Waals surface area contributed by atoms with Gasteiger partial charge in [0.15, 0.2) is 0 Å². The third kappa shape index (κ3) is 4.11. The Morgan fingerprint density at radius 2 is 1.95 bits per heavy atom. The van der Waals surface area contributed by atoms with E-state index in [9.17, 15) is 4.79 Å². The number of aryl methyl sites for hydroxylation is 1. The topological polar surface area (TPSA) is 50.8 Å². The van der Waals surface area contributed by atoms with Crippen molar-refractivity contribution in [2.75, 3.05) is 34.4 Å². The number of nitrogens with one attached hydrogen (secondary N) is 1. The van der Waals surface area contributed by atoms with Crippen molar-refractivity contribution in [2.24, 2.45) is 0 Å². The summed E-state index contributed by atoms with van der Waals surface area (Å²) in [5.74, 6) is 1.70. The van der Waals surface area contributed by atoms with Crippen molar-refractivity contribution in [1.29, 1.82) is 0 Å². The lowest BCUT2D eigenvalue weighted by Crippen LogP contribution is -2.38. The average Bonchev–Trinajstić information content (AvgIpc) is 3.05. The van der Waals surface area contributed by atoms with E-state index in [1.165, 1.54) is 0 Å². The van der Waals surface area contributed by atoms with Gasteiger partial charge in [0, 0.05) is 32.1 Å². The highest BCUT2D eigenvalue weighted by Gasteiger charge is 2.22. The number of carbonyl (C=O) groups is 1. The maximum absolute atomic E-state index is 12.2. The molecule has 0 aliphatic carbocycles.